The molecular weight excluding hydrogens is 260 g/mol. The van der Waals surface area contributed by atoms with Gasteiger partial charge in [-0.1, -0.05) is 23.4 Å². The van der Waals surface area contributed by atoms with E-state index in [4.69, 9.17) is 4.52 Å². The number of nitrogens with zero attached hydrogens (tertiary/aromatic N) is 3. The fraction of sp³-hybridized carbons (Fsp3) is 0.385. The molecule has 0 aliphatic heterocycles. The van der Waals surface area contributed by atoms with E-state index >= 15 is 0 Å². The molecular formula is C13H16N4O3. The van der Waals surface area contributed by atoms with Gasteiger partial charge in [-0.25, -0.2) is 0 Å². The van der Waals surface area contributed by atoms with Gasteiger partial charge in [0.25, 0.3) is 5.69 Å². The van der Waals surface area contributed by atoms with Crippen LogP contribution in [0.5, 0.6) is 0 Å². The summed E-state index contributed by atoms with van der Waals surface area (Å²) >= 11 is 0. The molecule has 1 N–H and O–H groups in total. The molecule has 7 nitrogen and oxygen atoms in total. The van der Waals surface area contributed by atoms with Gasteiger partial charge in [0.1, 0.15) is 0 Å². The van der Waals surface area contributed by atoms with E-state index in [0.29, 0.717) is 30.2 Å². The third-order valence-corrected chi connectivity index (χ3v) is 2.97. The molecule has 106 valence electrons. The van der Waals surface area contributed by atoms with Crippen molar-refractivity contribution in [1.29, 1.82) is 0 Å². The van der Waals surface area contributed by atoms with E-state index in [9.17, 15) is 10.1 Å². The molecule has 1 atom stereocenters. The Kier molecular flexibility index (Phi) is 4.41. The molecule has 1 unspecified atom stereocenters. The number of hydrogen-bond acceptors (Lipinski definition) is 6. The molecule has 2 rings (SSSR count). The molecule has 0 aliphatic rings. The SMILES string of the molecule is Cc1nc(CCNC(C)c2ccccc2[N+](=O)[O-])no1. The summed E-state index contributed by atoms with van der Waals surface area (Å²) in [5.41, 5.74) is 0.796. The average molecular weight is 276 g/mol. The normalized spacial score (nSPS) is 12.3. The monoisotopic (exact) mass is 276 g/mol. The summed E-state index contributed by atoms with van der Waals surface area (Å²) in [5, 5.41) is 18.0. The summed E-state index contributed by atoms with van der Waals surface area (Å²) in [6.07, 6.45) is 0.613. The third kappa shape index (κ3) is 3.39. The second-order valence-electron chi connectivity index (χ2n) is 4.47. The van der Waals surface area contributed by atoms with Crippen LogP contribution in [0.25, 0.3) is 0 Å². The molecule has 0 bridgehead atoms. The maximum absolute atomic E-state index is 11.0. The molecule has 0 spiro atoms. The van der Waals surface area contributed by atoms with Crippen molar-refractivity contribution in [3.8, 4) is 0 Å². The second-order valence-corrected chi connectivity index (χ2v) is 4.47. The molecule has 0 amide bonds. The standard InChI is InChI=1S/C13H16N4O3/c1-9(11-5-3-4-6-12(11)17(18)19)14-8-7-13-15-10(2)20-16-13/h3-6,9,14H,7-8H2,1-2H3. The second kappa shape index (κ2) is 6.25. The van der Waals surface area contributed by atoms with Crippen molar-refractivity contribution in [2.45, 2.75) is 26.3 Å². The number of benzene rings is 1. The molecule has 7 heteroatoms. The summed E-state index contributed by atoms with van der Waals surface area (Å²) in [7, 11) is 0. The van der Waals surface area contributed by atoms with Gasteiger partial charge in [0.2, 0.25) is 5.89 Å². The zero-order chi connectivity index (χ0) is 14.5. The lowest BCUT2D eigenvalue weighted by atomic mass is 10.1. The van der Waals surface area contributed by atoms with E-state index in [1.807, 2.05) is 6.92 Å². The van der Waals surface area contributed by atoms with Crippen LogP contribution in [0.4, 0.5) is 5.69 Å². The quantitative estimate of drug-likeness (QED) is 0.642. The lowest BCUT2D eigenvalue weighted by Crippen LogP contribution is -2.22. The van der Waals surface area contributed by atoms with Gasteiger partial charge < -0.3 is 9.84 Å². The number of aryl methyl sites for hydroxylation is 1. The Balaban J connectivity index is 1.95. The van der Waals surface area contributed by atoms with Gasteiger partial charge in [-0.05, 0) is 6.92 Å². The van der Waals surface area contributed by atoms with E-state index in [0.717, 1.165) is 0 Å². The van der Waals surface area contributed by atoms with Crippen LogP contribution < -0.4 is 5.32 Å². The first-order valence-corrected chi connectivity index (χ1v) is 6.34. The summed E-state index contributed by atoms with van der Waals surface area (Å²) in [6.45, 7) is 4.25. The topological polar surface area (TPSA) is 94.1 Å². The number of aromatic nitrogens is 2. The molecule has 0 radical (unpaired) electrons. The van der Waals surface area contributed by atoms with Gasteiger partial charge in [-0.15, -0.1) is 0 Å². The van der Waals surface area contributed by atoms with Crippen LogP contribution in [0.1, 0.15) is 30.2 Å². The molecule has 0 aliphatic carbocycles. The molecule has 1 aromatic carbocycles. The minimum absolute atomic E-state index is 0.121. The largest absolute Gasteiger partial charge is 0.340 e. The van der Waals surface area contributed by atoms with E-state index in [1.165, 1.54) is 6.07 Å². The Morgan fingerprint density at radius 3 is 2.85 bits per heavy atom. The van der Waals surface area contributed by atoms with Gasteiger partial charge in [0, 0.05) is 37.6 Å². The van der Waals surface area contributed by atoms with Crippen LogP contribution in [-0.4, -0.2) is 21.6 Å². The van der Waals surface area contributed by atoms with E-state index in [2.05, 4.69) is 15.5 Å². The molecule has 1 aromatic heterocycles. The zero-order valence-corrected chi connectivity index (χ0v) is 11.4. The third-order valence-electron chi connectivity index (χ3n) is 2.97. The smallest absolute Gasteiger partial charge is 0.274 e. The van der Waals surface area contributed by atoms with Crippen molar-refractivity contribution in [3.63, 3.8) is 0 Å². The predicted molar refractivity (Wildman–Crippen MR) is 72.3 cm³/mol. The highest BCUT2D eigenvalue weighted by molar-refractivity contribution is 5.41. The summed E-state index contributed by atoms with van der Waals surface area (Å²) in [4.78, 5) is 14.7. The van der Waals surface area contributed by atoms with Crippen molar-refractivity contribution < 1.29 is 9.45 Å². The van der Waals surface area contributed by atoms with Crippen LogP contribution in [0, 0.1) is 17.0 Å². The van der Waals surface area contributed by atoms with Crippen molar-refractivity contribution in [1.82, 2.24) is 15.5 Å². The summed E-state index contributed by atoms with van der Waals surface area (Å²) < 4.78 is 4.88. The van der Waals surface area contributed by atoms with Gasteiger partial charge in [0.15, 0.2) is 5.82 Å². The predicted octanol–water partition coefficient (Wildman–Crippen LogP) is 2.18. The van der Waals surface area contributed by atoms with Crippen molar-refractivity contribution in [2.24, 2.45) is 0 Å². The van der Waals surface area contributed by atoms with E-state index < -0.39 is 0 Å². The molecule has 1 heterocycles. The summed E-state index contributed by atoms with van der Waals surface area (Å²) in [6, 6.07) is 6.61. The first kappa shape index (κ1) is 14.1. The van der Waals surface area contributed by atoms with Crippen LogP contribution in [0.2, 0.25) is 0 Å². The summed E-state index contributed by atoms with van der Waals surface area (Å²) in [5.74, 6) is 1.16. The number of para-hydroxylation sites is 1. The number of rotatable bonds is 6. The van der Waals surface area contributed by atoms with Crippen LogP contribution in [0.3, 0.4) is 0 Å². The number of nitro benzene ring substituents is 1. The van der Waals surface area contributed by atoms with Gasteiger partial charge in [-0.2, -0.15) is 4.98 Å². The Morgan fingerprint density at radius 1 is 1.45 bits per heavy atom. The molecule has 2 aromatic rings. The lowest BCUT2D eigenvalue weighted by Gasteiger charge is -2.13. The zero-order valence-electron chi connectivity index (χ0n) is 11.4. The number of nitrogens with one attached hydrogen (secondary N) is 1. The highest BCUT2D eigenvalue weighted by Gasteiger charge is 2.17. The average Bonchev–Trinajstić information content (AvgIpc) is 2.84. The van der Waals surface area contributed by atoms with Gasteiger partial charge >= 0.3 is 0 Å². The molecule has 0 saturated heterocycles. The van der Waals surface area contributed by atoms with Crippen molar-refractivity contribution >= 4 is 5.69 Å². The van der Waals surface area contributed by atoms with Crippen LogP contribution >= 0.6 is 0 Å². The van der Waals surface area contributed by atoms with Crippen LogP contribution in [-0.2, 0) is 6.42 Å². The van der Waals surface area contributed by atoms with Crippen LogP contribution in [0.15, 0.2) is 28.8 Å². The fourth-order valence-corrected chi connectivity index (χ4v) is 1.97. The Bertz CT molecular complexity index is 597. The lowest BCUT2D eigenvalue weighted by molar-refractivity contribution is -0.385. The van der Waals surface area contributed by atoms with E-state index in [1.54, 1.807) is 25.1 Å². The maximum Gasteiger partial charge on any atom is 0.274 e. The minimum Gasteiger partial charge on any atom is -0.340 e. The van der Waals surface area contributed by atoms with Gasteiger partial charge in [-0.3, -0.25) is 10.1 Å². The number of hydrogen-bond donors (Lipinski definition) is 1. The fourth-order valence-electron chi connectivity index (χ4n) is 1.97. The van der Waals surface area contributed by atoms with E-state index in [-0.39, 0.29) is 16.7 Å². The Hall–Kier alpha value is -2.28. The van der Waals surface area contributed by atoms with Gasteiger partial charge in [0.05, 0.1) is 4.92 Å². The maximum atomic E-state index is 11.0. The first-order chi connectivity index (χ1) is 9.58. The molecule has 20 heavy (non-hydrogen) atoms. The highest BCUT2D eigenvalue weighted by Crippen LogP contribution is 2.24. The first-order valence-electron chi connectivity index (χ1n) is 6.34. The Morgan fingerprint density at radius 2 is 2.20 bits per heavy atom. The highest BCUT2D eigenvalue weighted by atomic mass is 16.6. The van der Waals surface area contributed by atoms with Crippen molar-refractivity contribution in [2.75, 3.05) is 6.54 Å². The molecule has 0 fully saturated rings. The molecule has 0 saturated carbocycles. The minimum atomic E-state index is -0.365. The Labute approximate surface area is 116 Å². The van der Waals surface area contributed by atoms with Crippen molar-refractivity contribution in [3.05, 3.63) is 51.7 Å². The number of nitro groups is 1.